The van der Waals surface area contributed by atoms with Gasteiger partial charge in [0.2, 0.25) is 0 Å². The lowest BCUT2D eigenvalue weighted by Crippen LogP contribution is -2.28. The summed E-state index contributed by atoms with van der Waals surface area (Å²) in [6.45, 7) is 3.05. The fourth-order valence-corrected chi connectivity index (χ4v) is 1.61. The van der Waals surface area contributed by atoms with Gasteiger partial charge in [-0.3, -0.25) is 4.79 Å². The molecule has 4 N–H and O–H groups in total. The topological polar surface area (TPSA) is 92.9 Å². The fraction of sp³-hybridized carbons (Fsp3) is 0.214. The second-order valence-electron chi connectivity index (χ2n) is 4.39. The Bertz CT molecular complexity index is 565. The van der Waals surface area contributed by atoms with Crippen molar-refractivity contribution in [3.8, 4) is 0 Å². The van der Waals surface area contributed by atoms with Crippen molar-refractivity contribution >= 4 is 17.5 Å². The highest BCUT2D eigenvalue weighted by atomic mass is 16.1. The monoisotopic (exact) mass is 271 g/mol. The lowest BCUT2D eigenvalue weighted by atomic mass is 10.1. The molecule has 0 saturated heterocycles. The standard InChI is InChI=1S/C14H17N5O/c1-10-2-4-11(5-3-10)14(20)17-9-8-16-13-7-6-12(15)18-19-13/h2-7H,8-9H2,1H3,(H2,15,18)(H,16,19)(H,17,20). The van der Waals surface area contributed by atoms with Crippen LogP contribution >= 0.6 is 0 Å². The number of benzene rings is 1. The predicted molar refractivity (Wildman–Crippen MR) is 78.4 cm³/mol. The number of nitrogens with two attached hydrogens (primary N) is 1. The van der Waals surface area contributed by atoms with Gasteiger partial charge in [-0.25, -0.2) is 0 Å². The molecular weight excluding hydrogens is 254 g/mol. The largest absolute Gasteiger partial charge is 0.382 e. The van der Waals surface area contributed by atoms with Crippen LogP contribution in [-0.2, 0) is 0 Å². The molecule has 1 amide bonds. The Kier molecular flexibility index (Phi) is 4.49. The average molecular weight is 271 g/mol. The van der Waals surface area contributed by atoms with Crippen LogP contribution in [0.3, 0.4) is 0 Å². The third-order valence-corrected chi connectivity index (χ3v) is 2.72. The smallest absolute Gasteiger partial charge is 0.251 e. The van der Waals surface area contributed by atoms with Crippen LogP contribution in [0, 0.1) is 6.92 Å². The van der Waals surface area contributed by atoms with E-state index >= 15 is 0 Å². The minimum absolute atomic E-state index is 0.0878. The van der Waals surface area contributed by atoms with Crippen molar-refractivity contribution in [3.63, 3.8) is 0 Å². The van der Waals surface area contributed by atoms with Crippen molar-refractivity contribution in [2.75, 3.05) is 24.1 Å². The van der Waals surface area contributed by atoms with Crippen molar-refractivity contribution in [2.24, 2.45) is 0 Å². The number of hydrogen-bond donors (Lipinski definition) is 3. The molecule has 0 atom stereocenters. The van der Waals surface area contributed by atoms with Crippen LogP contribution < -0.4 is 16.4 Å². The molecule has 0 bridgehead atoms. The molecule has 6 heteroatoms. The molecule has 2 rings (SSSR count). The maximum absolute atomic E-state index is 11.8. The molecule has 1 aromatic heterocycles. The molecule has 6 nitrogen and oxygen atoms in total. The molecule has 0 aliphatic heterocycles. The first-order valence-electron chi connectivity index (χ1n) is 6.33. The molecule has 20 heavy (non-hydrogen) atoms. The van der Waals surface area contributed by atoms with Crippen molar-refractivity contribution in [1.29, 1.82) is 0 Å². The first-order chi connectivity index (χ1) is 9.65. The van der Waals surface area contributed by atoms with E-state index < -0.39 is 0 Å². The van der Waals surface area contributed by atoms with Gasteiger partial charge in [-0.15, -0.1) is 10.2 Å². The SMILES string of the molecule is Cc1ccc(C(=O)NCCNc2ccc(N)nn2)cc1. The highest BCUT2D eigenvalue weighted by molar-refractivity contribution is 5.94. The minimum Gasteiger partial charge on any atom is -0.382 e. The second kappa shape index (κ2) is 6.51. The number of anilines is 2. The van der Waals surface area contributed by atoms with E-state index in [1.807, 2.05) is 31.2 Å². The second-order valence-corrected chi connectivity index (χ2v) is 4.39. The van der Waals surface area contributed by atoms with Gasteiger partial charge in [-0.2, -0.15) is 0 Å². The highest BCUT2D eigenvalue weighted by Gasteiger charge is 2.03. The maximum atomic E-state index is 11.8. The predicted octanol–water partition coefficient (Wildman–Crippen LogP) is 1.21. The van der Waals surface area contributed by atoms with Crippen molar-refractivity contribution in [1.82, 2.24) is 15.5 Å². The first-order valence-corrected chi connectivity index (χ1v) is 6.33. The highest BCUT2D eigenvalue weighted by Crippen LogP contribution is 2.03. The quantitative estimate of drug-likeness (QED) is 0.711. The zero-order chi connectivity index (χ0) is 14.4. The van der Waals surface area contributed by atoms with Gasteiger partial charge >= 0.3 is 0 Å². The van der Waals surface area contributed by atoms with Crippen LogP contribution in [0.5, 0.6) is 0 Å². The van der Waals surface area contributed by atoms with E-state index in [9.17, 15) is 4.79 Å². The Morgan fingerprint density at radius 2 is 1.85 bits per heavy atom. The van der Waals surface area contributed by atoms with E-state index in [1.165, 1.54) is 0 Å². The molecule has 0 aliphatic rings. The van der Waals surface area contributed by atoms with E-state index in [0.29, 0.717) is 30.3 Å². The van der Waals surface area contributed by atoms with Crippen molar-refractivity contribution in [3.05, 3.63) is 47.5 Å². The molecule has 0 fully saturated rings. The molecule has 0 radical (unpaired) electrons. The summed E-state index contributed by atoms with van der Waals surface area (Å²) >= 11 is 0. The Balaban J connectivity index is 1.74. The molecule has 104 valence electrons. The van der Waals surface area contributed by atoms with Crippen LogP contribution in [0.15, 0.2) is 36.4 Å². The zero-order valence-electron chi connectivity index (χ0n) is 11.3. The molecular formula is C14H17N5O. The Labute approximate surface area is 117 Å². The zero-order valence-corrected chi connectivity index (χ0v) is 11.3. The van der Waals surface area contributed by atoms with Gasteiger partial charge in [0.15, 0.2) is 0 Å². The van der Waals surface area contributed by atoms with Crippen molar-refractivity contribution < 1.29 is 4.79 Å². The number of nitrogens with zero attached hydrogens (tertiary/aromatic N) is 2. The van der Waals surface area contributed by atoms with Crippen LogP contribution in [-0.4, -0.2) is 29.2 Å². The summed E-state index contributed by atoms with van der Waals surface area (Å²) < 4.78 is 0. The van der Waals surface area contributed by atoms with Crippen LogP contribution in [0.1, 0.15) is 15.9 Å². The summed E-state index contributed by atoms with van der Waals surface area (Å²) in [5, 5.41) is 13.5. The number of amides is 1. The molecule has 0 saturated carbocycles. The van der Waals surface area contributed by atoms with E-state index in [4.69, 9.17) is 5.73 Å². The minimum atomic E-state index is -0.0878. The first kappa shape index (κ1) is 13.8. The fourth-order valence-electron chi connectivity index (χ4n) is 1.61. The molecule has 2 aromatic rings. The lowest BCUT2D eigenvalue weighted by molar-refractivity contribution is 0.0955. The summed E-state index contributed by atoms with van der Waals surface area (Å²) in [6, 6.07) is 10.9. The van der Waals surface area contributed by atoms with Gasteiger partial charge in [0.1, 0.15) is 11.6 Å². The Morgan fingerprint density at radius 1 is 1.10 bits per heavy atom. The summed E-state index contributed by atoms with van der Waals surface area (Å²) in [6.07, 6.45) is 0. The molecule has 1 aromatic carbocycles. The normalized spacial score (nSPS) is 10.1. The molecule has 1 heterocycles. The van der Waals surface area contributed by atoms with Gasteiger partial charge < -0.3 is 16.4 Å². The van der Waals surface area contributed by atoms with E-state index in [-0.39, 0.29) is 5.91 Å². The van der Waals surface area contributed by atoms with Gasteiger partial charge in [-0.05, 0) is 31.2 Å². The molecule has 0 aliphatic carbocycles. The lowest BCUT2D eigenvalue weighted by Gasteiger charge is -2.07. The maximum Gasteiger partial charge on any atom is 0.251 e. The van der Waals surface area contributed by atoms with Crippen LogP contribution in [0.25, 0.3) is 0 Å². The van der Waals surface area contributed by atoms with Gasteiger partial charge in [-0.1, -0.05) is 17.7 Å². The van der Waals surface area contributed by atoms with Gasteiger partial charge in [0.05, 0.1) is 0 Å². The molecule has 0 unspecified atom stereocenters. The van der Waals surface area contributed by atoms with Gasteiger partial charge in [0.25, 0.3) is 5.91 Å². The average Bonchev–Trinajstić information content (AvgIpc) is 2.46. The summed E-state index contributed by atoms with van der Waals surface area (Å²) in [4.78, 5) is 11.8. The molecule has 0 spiro atoms. The number of nitrogens with one attached hydrogen (secondary N) is 2. The van der Waals surface area contributed by atoms with E-state index in [2.05, 4.69) is 20.8 Å². The van der Waals surface area contributed by atoms with Crippen molar-refractivity contribution in [2.45, 2.75) is 6.92 Å². The third-order valence-electron chi connectivity index (χ3n) is 2.72. The number of aryl methyl sites for hydroxylation is 1. The Morgan fingerprint density at radius 3 is 2.50 bits per heavy atom. The number of rotatable bonds is 5. The number of carbonyl (C=O) groups excluding carboxylic acids is 1. The summed E-state index contributed by atoms with van der Waals surface area (Å²) in [5.74, 6) is 0.919. The number of nitrogen functional groups attached to an aromatic ring is 1. The van der Waals surface area contributed by atoms with Crippen LogP contribution in [0.2, 0.25) is 0 Å². The Hall–Kier alpha value is -2.63. The number of aromatic nitrogens is 2. The summed E-state index contributed by atoms with van der Waals surface area (Å²) in [5.41, 5.74) is 7.22. The van der Waals surface area contributed by atoms with E-state index in [1.54, 1.807) is 12.1 Å². The van der Waals surface area contributed by atoms with Crippen LogP contribution in [0.4, 0.5) is 11.6 Å². The third kappa shape index (κ3) is 3.94. The number of carbonyl (C=O) groups is 1. The summed E-state index contributed by atoms with van der Waals surface area (Å²) in [7, 11) is 0. The number of hydrogen-bond acceptors (Lipinski definition) is 5. The van der Waals surface area contributed by atoms with Gasteiger partial charge in [0, 0.05) is 18.7 Å². The van der Waals surface area contributed by atoms with E-state index in [0.717, 1.165) is 5.56 Å².